The molecule has 3 N–H and O–H groups in total. The van der Waals surface area contributed by atoms with E-state index in [9.17, 15) is 8.78 Å². The molecule has 9 aromatic rings. The van der Waals surface area contributed by atoms with E-state index in [1.165, 1.54) is 48.2 Å². The summed E-state index contributed by atoms with van der Waals surface area (Å²) in [6, 6.07) is 29.3. The van der Waals surface area contributed by atoms with Gasteiger partial charge in [-0.15, -0.1) is 15.3 Å². The van der Waals surface area contributed by atoms with E-state index in [0.29, 0.717) is 48.9 Å². The predicted octanol–water partition coefficient (Wildman–Crippen LogP) is 15.2. The van der Waals surface area contributed by atoms with Crippen molar-refractivity contribution in [2.75, 3.05) is 68.6 Å². The zero-order valence-corrected chi connectivity index (χ0v) is 60.2. The van der Waals surface area contributed by atoms with E-state index in [0.717, 1.165) is 209 Å². The fraction of sp³-hybridized carbons (Fsp3) is 0.562. The summed E-state index contributed by atoms with van der Waals surface area (Å²) in [6.07, 6.45) is 26.4. The molecule has 9 heterocycles. The van der Waals surface area contributed by atoms with Crippen LogP contribution in [0.25, 0.3) is 49.9 Å². The van der Waals surface area contributed by atoms with Gasteiger partial charge in [-0.05, 0) is 188 Å². The molecule has 2 aromatic carbocycles. The molecule has 23 heteroatoms. The van der Waals surface area contributed by atoms with Crippen LogP contribution in [0.5, 0.6) is 0 Å². The summed E-state index contributed by atoms with van der Waals surface area (Å²) >= 11 is 0. The molecule has 2 saturated heterocycles. The standard InChI is InChI=1S/C80H101F2N15O6/c1-50-39-63(29-30-83-50)69-42-72(97-75(69)45-85-79(91-97)88-52(3)38-55-7-8-55)62-21-27-66(28-22-62)103-102-65-25-19-61(20-26-65)71-41-68(73-43-84-78(90-95(71)73)87-51(2)37-54-5-6-54)59-15-11-57(12-16-59)47-94-33-36-99-49-76(94)101-64-23-17-60(18-24-64)70-40-67(58-13-9-56(10-14-58)46-93-31-34-98-35-32-93)74-44-86-80(92-96(70)74)89-53(4)48-100-77(81)82/h9-16,29-30,39-45,51-55,60-62,64-66,76-77H,5-8,17-28,31-38,46-49H2,1-4H3,(H,87,90)(H,88,91)(H,89,92)/t51-,52-,53-,60?,61?,62?,64?,65?,66?,76?/m0/s1. The summed E-state index contributed by atoms with van der Waals surface area (Å²) in [5.74, 6) is 4.16. The molecule has 0 amide bonds. The van der Waals surface area contributed by atoms with Gasteiger partial charge in [0.15, 0.2) is 0 Å². The Morgan fingerprint density at radius 3 is 1.40 bits per heavy atom. The smallest absolute Gasteiger partial charge is 0.345 e. The molecular weight excluding hydrogens is 1300 g/mol. The number of rotatable bonds is 28. The second-order valence-corrected chi connectivity index (χ2v) is 30.9. The Bertz CT molecular complexity index is 4300. The molecule has 4 atom stereocenters. The number of morpholine rings is 2. The topological polar surface area (TPSA) is 201 Å². The van der Waals surface area contributed by atoms with Gasteiger partial charge in [-0.1, -0.05) is 74.2 Å². The van der Waals surface area contributed by atoms with Gasteiger partial charge in [0, 0.05) is 114 Å². The maximum Gasteiger partial charge on any atom is 0.345 e. The summed E-state index contributed by atoms with van der Waals surface area (Å²) in [7, 11) is 0. The Morgan fingerprint density at radius 1 is 0.485 bits per heavy atom. The molecule has 5 aliphatic carbocycles. The average Bonchev–Trinajstić information content (AvgIpc) is 1.63. The summed E-state index contributed by atoms with van der Waals surface area (Å²) < 4.78 is 55.7. The molecule has 7 fully saturated rings. The zero-order valence-electron chi connectivity index (χ0n) is 60.2. The maximum atomic E-state index is 13.0. The molecule has 2 aliphatic heterocycles. The summed E-state index contributed by atoms with van der Waals surface area (Å²) in [5.41, 5.74) is 16.6. The van der Waals surface area contributed by atoms with Crippen LogP contribution >= 0.6 is 0 Å². The highest BCUT2D eigenvalue weighted by Crippen LogP contribution is 2.44. The molecule has 16 rings (SSSR count). The van der Waals surface area contributed by atoms with E-state index in [1.54, 1.807) is 6.92 Å². The first-order valence-electron chi connectivity index (χ1n) is 38.4. The second-order valence-electron chi connectivity index (χ2n) is 30.9. The molecule has 21 nitrogen and oxygen atoms in total. The molecule has 103 heavy (non-hydrogen) atoms. The van der Waals surface area contributed by atoms with Crippen molar-refractivity contribution in [3.05, 3.63) is 138 Å². The number of aromatic nitrogens is 10. The van der Waals surface area contributed by atoms with E-state index in [4.69, 9.17) is 49.2 Å². The SMILES string of the molecule is Cc1cc(-c2cc(C3CCC(OOC4CCC(c5cc(-c6ccc(CN7CCOCC7OC7CCC(c8cc(-c9ccc(CN%10CCOCC%10)cc9)c9cnc(N[C@@H](C)COC(F)F)nn89)CC7)cc6)c6cnc(N[C@@H](C)CC7CC7)nn56)CC4)CC3)n3nc(N[C@@H](C)CC4CC4)ncc23)ccn1. The normalized spacial score (nSPS) is 24.1. The first-order valence-corrected chi connectivity index (χ1v) is 38.4. The van der Waals surface area contributed by atoms with Gasteiger partial charge in [0.05, 0.1) is 86.5 Å². The highest BCUT2D eigenvalue weighted by Gasteiger charge is 2.35. The van der Waals surface area contributed by atoms with E-state index in [2.05, 4.69) is 142 Å². The van der Waals surface area contributed by atoms with Crippen molar-refractivity contribution in [1.29, 1.82) is 0 Å². The van der Waals surface area contributed by atoms with Gasteiger partial charge in [-0.25, -0.2) is 38.3 Å². The van der Waals surface area contributed by atoms with Crippen LogP contribution in [0, 0.1) is 18.8 Å². The molecule has 0 radical (unpaired) electrons. The van der Waals surface area contributed by atoms with Crippen LogP contribution < -0.4 is 16.0 Å². The first kappa shape index (κ1) is 69.7. The van der Waals surface area contributed by atoms with Crippen molar-refractivity contribution >= 4 is 34.4 Å². The lowest BCUT2D eigenvalue weighted by Gasteiger charge is -2.39. The number of benzene rings is 2. The van der Waals surface area contributed by atoms with Crippen molar-refractivity contribution in [2.24, 2.45) is 11.8 Å². The van der Waals surface area contributed by atoms with Crippen molar-refractivity contribution < 1.29 is 37.5 Å². The number of nitrogens with zero attached hydrogens (tertiary/aromatic N) is 12. The summed E-state index contributed by atoms with van der Waals surface area (Å²) in [4.78, 5) is 36.6. The highest BCUT2D eigenvalue weighted by molar-refractivity contribution is 5.84. The average molecular weight is 1410 g/mol. The third-order valence-corrected chi connectivity index (χ3v) is 22.8. The summed E-state index contributed by atoms with van der Waals surface area (Å²) in [5, 5.41) is 25.9. The number of aryl methyl sites for hydroxylation is 1. The van der Waals surface area contributed by atoms with Crippen LogP contribution in [0.2, 0.25) is 0 Å². The van der Waals surface area contributed by atoms with Gasteiger partial charge in [-0.3, -0.25) is 14.8 Å². The fourth-order valence-corrected chi connectivity index (χ4v) is 16.8. The lowest BCUT2D eigenvalue weighted by Crippen LogP contribution is -2.48. The van der Waals surface area contributed by atoms with Crippen LogP contribution in [0.1, 0.15) is 188 Å². The molecule has 5 saturated carbocycles. The largest absolute Gasteiger partial charge is 0.379 e. The Hall–Kier alpha value is -7.61. The van der Waals surface area contributed by atoms with Crippen molar-refractivity contribution in [2.45, 2.75) is 223 Å². The number of hydrogen-bond donors (Lipinski definition) is 3. The van der Waals surface area contributed by atoms with Gasteiger partial charge in [0.1, 0.15) is 6.23 Å². The second kappa shape index (κ2) is 31.6. The summed E-state index contributed by atoms with van der Waals surface area (Å²) in [6.45, 7) is 12.2. The monoisotopic (exact) mass is 1410 g/mol. The first-order chi connectivity index (χ1) is 50.4. The third-order valence-electron chi connectivity index (χ3n) is 22.8. The number of alkyl halides is 2. The predicted molar refractivity (Wildman–Crippen MR) is 393 cm³/mol. The number of fused-ring (bicyclic) bond motifs is 3. The zero-order chi connectivity index (χ0) is 69.9. The number of hydrogen-bond acceptors (Lipinski definition) is 18. The van der Waals surface area contributed by atoms with Gasteiger partial charge >= 0.3 is 6.61 Å². The van der Waals surface area contributed by atoms with Crippen LogP contribution in [0.15, 0.2) is 104 Å². The number of pyridine rings is 1. The van der Waals surface area contributed by atoms with Crippen LogP contribution in [-0.2, 0) is 41.8 Å². The van der Waals surface area contributed by atoms with E-state index in [-0.39, 0.29) is 43.1 Å². The molecular formula is C80H101F2N15O6. The molecule has 7 aromatic heterocycles. The quantitative estimate of drug-likeness (QED) is 0.0308. The minimum atomic E-state index is -2.85. The van der Waals surface area contributed by atoms with Gasteiger partial charge in [0.25, 0.3) is 0 Å². The maximum absolute atomic E-state index is 13.0. The molecule has 0 spiro atoms. The number of ether oxygens (including phenoxy) is 4. The van der Waals surface area contributed by atoms with Crippen LogP contribution in [0.3, 0.4) is 0 Å². The third kappa shape index (κ3) is 16.9. The Labute approximate surface area is 602 Å². The number of halogens is 2. The Balaban J connectivity index is 0.553. The van der Waals surface area contributed by atoms with Gasteiger partial charge in [0.2, 0.25) is 17.8 Å². The van der Waals surface area contributed by atoms with E-state index >= 15 is 0 Å². The number of nitrogens with one attached hydrogen (secondary N) is 3. The highest BCUT2D eigenvalue weighted by atomic mass is 19.3. The van der Waals surface area contributed by atoms with Gasteiger partial charge in [-0.2, -0.15) is 8.78 Å². The van der Waals surface area contributed by atoms with E-state index in [1.807, 2.05) is 36.2 Å². The molecule has 546 valence electrons. The van der Waals surface area contributed by atoms with Crippen molar-refractivity contribution in [1.82, 2.24) is 58.6 Å². The molecule has 1 unspecified atom stereocenters. The van der Waals surface area contributed by atoms with E-state index < -0.39 is 12.7 Å². The lowest BCUT2D eigenvalue weighted by atomic mass is 9.85. The van der Waals surface area contributed by atoms with Crippen LogP contribution in [0.4, 0.5) is 26.6 Å². The Kier molecular flexibility index (Phi) is 21.4. The van der Waals surface area contributed by atoms with Gasteiger partial charge < -0.3 is 34.9 Å². The lowest BCUT2D eigenvalue weighted by molar-refractivity contribution is -0.358. The fourth-order valence-electron chi connectivity index (χ4n) is 16.8. The van der Waals surface area contributed by atoms with Crippen LogP contribution in [-0.4, -0.2) is 161 Å². The minimum absolute atomic E-state index is 0.0315. The number of anilines is 3. The van der Waals surface area contributed by atoms with Crippen molar-refractivity contribution in [3.8, 4) is 33.4 Å². The minimum Gasteiger partial charge on any atom is -0.379 e. The van der Waals surface area contributed by atoms with Crippen molar-refractivity contribution in [3.63, 3.8) is 0 Å². The molecule has 7 aliphatic rings. The molecule has 0 bridgehead atoms. The Morgan fingerprint density at radius 2 is 0.932 bits per heavy atom.